The minimum Gasteiger partial charge on any atom is -0.426 e. The van der Waals surface area contributed by atoms with E-state index < -0.39 is 5.41 Å². The Morgan fingerprint density at radius 1 is 1.09 bits per heavy atom. The standard InChI is InChI=1S/C20H32O2/c1-9-19(6,7)20(8,14-18(3,4)5)17(21)22-16-12-10-11-15(2)13-16/h10-13H,9,14H2,1-8H3. The van der Waals surface area contributed by atoms with Crippen molar-refractivity contribution in [3.63, 3.8) is 0 Å². The monoisotopic (exact) mass is 304 g/mol. The summed E-state index contributed by atoms with van der Waals surface area (Å²) in [5.74, 6) is 0.511. The first-order valence-electron chi connectivity index (χ1n) is 8.20. The van der Waals surface area contributed by atoms with Gasteiger partial charge in [-0.2, -0.15) is 0 Å². The molecule has 0 amide bonds. The molecule has 0 spiro atoms. The Morgan fingerprint density at radius 3 is 2.14 bits per heavy atom. The van der Waals surface area contributed by atoms with Gasteiger partial charge in [0.15, 0.2) is 0 Å². The van der Waals surface area contributed by atoms with Gasteiger partial charge in [0.1, 0.15) is 5.75 Å². The highest BCUT2D eigenvalue weighted by Crippen LogP contribution is 2.49. The van der Waals surface area contributed by atoms with Crippen LogP contribution < -0.4 is 4.74 Å². The number of benzene rings is 1. The minimum absolute atomic E-state index is 0.0623. The molecule has 1 aromatic carbocycles. The largest absolute Gasteiger partial charge is 0.426 e. The maximum absolute atomic E-state index is 13.0. The zero-order valence-electron chi connectivity index (χ0n) is 15.5. The van der Waals surface area contributed by atoms with Crippen molar-refractivity contribution in [1.29, 1.82) is 0 Å². The van der Waals surface area contributed by atoms with Crippen molar-refractivity contribution in [2.24, 2.45) is 16.2 Å². The van der Waals surface area contributed by atoms with Crippen molar-refractivity contribution < 1.29 is 9.53 Å². The average molecular weight is 304 g/mol. The molecule has 0 fully saturated rings. The van der Waals surface area contributed by atoms with Crippen molar-refractivity contribution in [3.05, 3.63) is 29.8 Å². The molecule has 0 aliphatic heterocycles. The van der Waals surface area contributed by atoms with Crippen LogP contribution in [-0.4, -0.2) is 5.97 Å². The molecule has 0 N–H and O–H groups in total. The number of hydrogen-bond donors (Lipinski definition) is 0. The summed E-state index contributed by atoms with van der Waals surface area (Å²) in [5, 5.41) is 0. The smallest absolute Gasteiger partial charge is 0.317 e. The summed E-state index contributed by atoms with van der Waals surface area (Å²) >= 11 is 0. The highest BCUT2D eigenvalue weighted by molar-refractivity contribution is 5.79. The molecule has 0 saturated heterocycles. The van der Waals surface area contributed by atoms with Crippen LogP contribution in [0.25, 0.3) is 0 Å². The Bertz CT molecular complexity index is 523. The van der Waals surface area contributed by atoms with Crippen molar-refractivity contribution in [2.45, 2.75) is 68.2 Å². The molecule has 1 rings (SSSR count). The summed E-state index contributed by atoms with van der Waals surface area (Å²) in [6.07, 6.45) is 1.73. The van der Waals surface area contributed by atoms with Crippen LogP contribution in [0.5, 0.6) is 5.75 Å². The minimum atomic E-state index is -0.524. The normalized spacial score (nSPS) is 15.3. The topological polar surface area (TPSA) is 26.3 Å². The van der Waals surface area contributed by atoms with Gasteiger partial charge in [0, 0.05) is 0 Å². The van der Waals surface area contributed by atoms with Crippen LogP contribution in [0.1, 0.15) is 66.9 Å². The zero-order chi connectivity index (χ0) is 17.2. The second-order valence-electron chi connectivity index (χ2n) is 8.51. The van der Waals surface area contributed by atoms with Crippen LogP contribution in [0.4, 0.5) is 0 Å². The van der Waals surface area contributed by atoms with E-state index in [-0.39, 0.29) is 16.8 Å². The van der Waals surface area contributed by atoms with E-state index in [2.05, 4.69) is 48.5 Å². The number of ether oxygens (including phenoxy) is 1. The first kappa shape index (κ1) is 18.7. The molecule has 2 heteroatoms. The first-order chi connectivity index (χ1) is 9.91. The summed E-state index contributed by atoms with van der Waals surface area (Å²) in [6, 6.07) is 7.68. The molecule has 124 valence electrons. The molecule has 1 aromatic rings. The molecule has 0 heterocycles. The molecule has 0 aliphatic carbocycles. The number of carbonyl (C=O) groups excluding carboxylic acids is 1. The lowest BCUT2D eigenvalue weighted by molar-refractivity contribution is -0.155. The molecule has 1 unspecified atom stereocenters. The Hall–Kier alpha value is -1.31. The highest BCUT2D eigenvalue weighted by atomic mass is 16.5. The van der Waals surface area contributed by atoms with Gasteiger partial charge < -0.3 is 4.74 Å². The van der Waals surface area contributed by atoms with Crippen molar-refractivity contribution in [2.75, 3.05) is 0 Å². The van der Waals surface area contributed by atoms with Gasteiger partial charge in [-0.05, 0) is 55.2 Å². The predicted octanol–water partition coefficient (Wildman–Crippen LogP) is 5.78. The lowest BCUT2D eigenvalue weighted by atomic mass is 9.59. The number of esters is 1. The first-order valence-corrected chi connectivity index (χ1v) is 8.20. The van der Waals surface area contributed by atoms with Gasteiger partial charge in [0.25, 0.3) is 0 Å². The van der Waals surface area contributed by atoms with E-state index in [0.717, 1.165) is 18.4 Å². The molecule has 0 saturated carbocycles. The average Bonchev–Trinajstić information content (AvgIpc) is 2.36. The third-order valence-electron chi connectivity index (χ3n) is 4.91. The van der Waals surface area contributed by atoms with Crippen molar-refractivity contribution >= 4 is 5.97 Å². The second kappa shape index (κ2) is 6.44. The van der Waals surface area contributed by atoms with E-state index >= 15 is 0 Å². The van der Waals surface area contributed by atoms with E-state index in [1.165, 1.54) is 0 Å². The fourth-order valence-corrected chi connectivity index (χ4v) is 2.94. The van der Waals surface area contributed by atoms with E-state index in [4.69, 9.17) is 4.74 Å². The quantitative estimate of drug-likeness (QED) is 0.509. The van der Waals surface area contributed by atoms with E-state index in [0.29, 0.717) is 5.75 Å². The Balaban J connectivity index is 3.13. The molecule has 22 heavy (non-hydrogen) atoms. The summed E-state index contributed by atoms with van der Waals surface area (Å²) in [5.41, 5.74) is 0.509. The van der Waals surface area contributed by atoms with Gasteiger partial charge in [-0.15, -0.1) is 0 Å². The van der Waals surface area contributed by atoms with Gasteiger partial charge >= 0.3 is 5.97 Å². The van der Waals surface area contributed by atoms with Gasteiger partial charge in [-0.25, -0.2) is 0 Å². The van der Waals surface area contributed by atoms with E-state index in [1.807, 2.05) is 31.2 Å². The fourth-order valence-electron chi connectivity index (χ4n) is 2.94. The van der Waals surface area contributed by atoms with E-state index in [9.17, 15) is 4.79 Å². The number of rotatable bonds is 5. The van der Waals surface area contributed by atoms with Crippen molar-refractivity contribution in [3.8, 4) is 5.75 Å². The van der Waals surface area contributed by atoms with Crippen LogP contribution in [-0.2, 0) is 4.79 Å². The van der Waals surface area contributed by atoms with Crippen LogP contribution in [0.3, 0.4) is 0 Å². The van der Waals surface area contributed by atoms with Gasteiger partial charge in [0.05, 0.1) is 5.41 Å². The molecule has 1 atom stereocenters. The maximum atomic E-state index is 13.0. The Labute approximate surface area is 136 Å². The maximum Gasteiger partial charge on any atom is 0.317 e. The lowest BCUT2D eigenvalue weighted by Gasteiger charge is -2.45. The van der Waals surface area contributed by atoms with Crippen LogP contribution >= 0.6 is 0 Å². The third-order valence-corrected chi connectivity index (χ3v) is 4.91. The van der Waals surface area contributed by atoms with Gasteiger partial charge in [0.2, 0.25) is 0 Å². The summed E-state index contributed by atoms with van der Waals surface area (Å²) in [6.45, 7) is 17.1. The predicted molar refractivity (Wildman–Crippen MR) is 93.1 cm³/mol. The van der Waals surface area contributed by atoms with Gasteiger partial charge in [-0.3, -0.25) is 4.79 Å². The van der Waals surface area contributed by atoms with E-state index in [1.54, 1.807) is 0 Å². The summed E-state index contributed by atoms with van der Waals surface area (Å²) < 4.78 is 5.76. The zero-order valence-corrected chi connectivity index (χ0v) is 15.5. The molecule has 0 radical (unpaired) electrons. The Kier molecular flexibility index (Phi) is 5.48. The van der Waals surface area contributed by atoms with Crippen LogP contribution in [0, 0.1) is 23.2 Å². The highest BCUT2D eigenvalue weighted by Gasteiger charge is 2.49. The molecule has 0 aliphatic rings. The third kappa shape index (κ3) is 4.34. The Morgan fingerprint density at radius 2 is 1.68 bits per heavy atom. The molecule has 0 bridgehead atoms. The van der Waals surface area contributed by atoms with Crippen molar-refractivity contribution in [1.82, 2.24) is 0 Å². The number of hydrogen-bond acceptors (Lipinski definition) is 2. The van der Waals surface area contributed by atoms with Crippen LogP contribution in [0.2, 0.25) is 0 Å². The SMILES string of the molecule is CCC(C)(C)C(C)(CC(C)(C)C)C(=O)Oc1cccc(C)c1. The molecule has 2 nitrogen and oxygen atoms in total. The van der Waals surface area contributed by atoms with Crippen LogP contribution in [0.15, 0.2) is 24.3 Å². The second-order valence-corrected chi connectivity index (χ2v) is 8.51. The summed E-state index contributed by atoms with van der Waals surface area (Å²) in [7, 11) is 0. The number of aryl methyl sites for hydroxylation is 1. The molecular weight excluding hydrogens is 272 g/mol. The lowest BCUT2D eigenvalue weighted by Crippen LogP contribution is -2.46. The number of carbonyl (C=O) groups is 1. The fraction of sp³-hybridized carbons (Fsp3) is 0.650. The van der Waals surface area contributed by atoms with Gasteiger partial charge in [-0.1, -0.05) is 53.7 Å². The molecular formula is C20H32O2. The molecule has 0 aromatic heterocycles. The summed E-state index contributed by atoms with van der Waals surface area (Å²) in [4.78, 5) is 13.0.